The lowest BCUT2D eigenvalue weighted by molar-refractivity contribution is -0.218. The van der Waals surface area contributed by atoms with Gasteiger partial charge >= 0.3 is 6.18 Å². The standard InChI is InChI=1S/C6H7F3N2/c1-4-5(6(7,8)9)2-11(4)3-10/h4-5H,2H2,1H3/t4?,5-/m1/s1. The molecular formula is C6H7F3N2. The Kier molecular flexibility index (Phi) is 1.70. The molecule has 1 fully saturated rings. The predicted molar refractivity (Wildman–Crippen MR) is 31.3 cm³/mol. The molecule has 0 aromatic heterocycles. The fraction of sp³-hybridized carbons (Fsp3) is 0.833. The molecule has 5 heteroatoms. The molecule has 0 bridgehead atoms. The van der Waals surface area contributed by atoms with Crippen LogP contribution in [0.25, 0.3) is 0 Å². The zero-order valence-corrected chi connectivity index (χ0v) is 5.89. The number of alkyl halides is 3. The summed E-state index contributed by atoms with van der Waals surface area (Å²) in [6.45, 7) is 1.23. The first-order chi connectivity index (χ1) is 4.96. The molecule has 1 rings (SSSR count). The van der Waals surface area contributed by atoms with Crippen LogP contribution < -0.4 is 0 Å². The smallest absolute Gasteiger partial charge is 0.306 e. The molecule has 1 unspecified atom stereocenters. The van der Waals surface area contributed by atoms with Crippen molar-refractivity contribution in [3.8, 4) is 6.19 Å². The van der Waals surface area contributed by atoms with Gasteiger partial charge in [-0.15, -0.1) is 0 Å². The highest BCUT2D eigenvalue weighted by atomic mass is 19.4. The first kappa shape index (κ1) is 8.18. The van der Waals surface area contributed by atoms with Crippen molar-refractivity contribution in [3.63, 3.8) is 0 Å². The van der Waals surface area contributed by atoms with E-state index < -0.39 is 18.1 Å². The van der Waals surface area contributed by atoms with Crippen LogP contribution in [-0.4, -0.2) is 23.7 Å². The number of rotatable bonds is 0. The van der Waals surface area contributed by atoms with Crippen LogP contribution in [0, 0.1) is 17.4 Å². The third-order valence-corrected chi connectivity index (χ3v) is 2.02. The van der Waals surface area contributed by atoms with Gasteiger partial charge in [0.2, 0.25) is 0 Å². The fourth-order valence-electron chi connectivity index (χ4n) is 1.12. The van der Waals surface area contributed by atoms with Gasteiger partial charge in [0.15, 0.2) is 6.19 Å². The van der Waals surface area contributed by atoms with Gasteiger partial charge in [-0.05, 0) is 6.92 Å². The van der Waals surface area contributed by atoms with Crippen LogP contribution in [-0.2, 0) is 0 Å². The number of halogens is 3. The minimum atomic E-state index is -4.15. The third-order valence-electron chi connectivity index (χ3n) is 2.02. The van der Waals surface area contributed by atoms with Gasteiger partial charge in [-0.3, -0.25) is 0 Å². The Hall–Kier alpha value is -0.920. The summed E-state index contributed by atoms with van der Waals surface area (Å²) >= 11 is 0. The van der Waals surface area contributed by atoms with E-state index >= 15 is 0 Å². The highest BCUT2D eigenvalue weighted by Crippen LogP contribution is 2.37. The number of likely N-dealkylation sites (tertiary alicyclic amines) is 1. The van der Waals surface area contributed by atoms with Gasteiger partial charge in [0.25, 0.3) is 0 Å². The molecule has 1 heterocycles. The largest absolute Gasteiger partial charge is 0.395 e. The number of nitriles is 1. The van der Waals surface area contributed by atoms with Crippen molar-refractivity contribution < 1.29 is 13.2 Å². The fourth-order valence-corrected chi connectivity index (χ4v) is 1.12. The van der Waals surface area contributed by atoms with E-state index in [1.54, 1.807) is 6.19 Å². The van der Waals surface area contributed by atoms with Crippen LogP contribution in [0.2, 0.25) is 0 Å². The van der Waals surface area contributed by atoms with Crippen molar-refractivity contribution in [2.75, 3.05) is 6.54 Å². The Morgan fingerprint density at radius 1 is 1.55 bits per heavy atom. The van der Waals surface area contributed by atoms with E-state index in [2.05, 4.69) is 0 Å². The molecule has 0 amide bonds. The number of hydrogen-bond donors (Lipinski definition) is 0. The van der Waals surface area contributed by atoms with Gasteiger partial charge in [0, 0.05) is 12.6 Å². The second-order valence-corrected chi connectivity index (χ2v) is 2.64. The molecule has 1 saturated heterocycles. The molecule has 0 aromatic rings. The van der Waals surface area contributed by atoms with Gasteiger partial charge < -0.3 is 4.90 Å². The van der Waals surface area contributed by atoms with Crippen molar-refractivity contribution in [1.29, 1.82) is 5.26 Å². The summed E-state index contributed by atoms with van der Waals surface area (Å²) in [7, 11) is 0. The molecule has 11 heavy (non-hydrogen) atoms. The predicted octanol–water partition coefficient (Wildman–Crippen LogP) is 1.35. The van der Waals surface area contributed by atoms with E-state index in [0.717, 1.165) is 4.90 Å². The minimum Gasteiger partial charge on any atom is -0.306 e. The third kappa shape index (κ3) is 1.25. The Bertz CT molecular complexity index is 193. The molecule has 62 valence electrons. The summed E-state index contributed by atoms with van der Waals surface area (Å²) in [6.07, 6.45) is -2.46. The summed E-state index contributed by atoms with van der Waals surface area (Å²) in [6, 6.07) is -0.681. The van der Waals surface area contributed by atoms with Crippen LogP contribution in [0.3, 0.4) is 0 Å². The molecule has 1 aliphatic rings. The molecule has 2 atom stereocenters. The molecule has 0 spiro atoms. The average Bonchev–Trinajstić information content (AvgIpc) is 1.83. The summed E-state index contributed by atoms with van der Waals surface area (Å²) < 4.78 is 35.8. The maximum absolute atomic E-state index is 11.9. The van der Waals surface area contributed by atoms with Gasteiger partial charge in [0.1, 0.15) is 0 Å². The molecular weight excluding hydrogens is 157 g/mol. The van der Waals surface area contributed by atoms with Crippen molar-refractivity contribution in [1.82, 2.24) is 4.90 Å². The highest BCUT2D eigenvalue weighted by molar-refractivity contribution is 4.98. The first-order valence-electron chi connectivity index (χ1n) is 3.20. The zero-order valence-electron chi connectivity index (χ0n) is 5.89. The Morgan fingerprint density at radius 3 is 2.36 bits per heavy atom. The van der Waals surface area contributed by atoms with Gasteiger partial charge in [-0.1, -0.05) is 0 Å². The minimum absolute atomic E-state index is 0.179. The molecule has 2 nitrogen and oxygen atoms in total. The topological polar surface area (TPSA) is 27.0 Å². The molecule has 0 saturated carbocycles. The van der Waals surface area contributed by atoms with Crippen LogP contribution in [0.1, 0.15) is 6.92 Å². The maximum atomic E-state index is 11.9. The van der Waals surface area contributed by atoms with E-state index in [0.29, 0.717) is 0 Å². The Labute approximate surface area is 62.2 Å². The van der Waals surface area contributed by atoms with Crippen LogP contribution in [0.15, 0.2) is 0 Å². The van der Waals surface area contributed by atoms with Gasteiger partial charge in [-0.25, -0.2) is 0 Å². The quantitative estimate of drug-likeness (QED) is 0.505. The van der Waals surface area contributed by atoms with Gasteiger partial charge in [0.05, 0.1) is 5.92 Å². The second-order valence-electron chi connectivity index (χ2n) is 2.64. The monoisotopic (exact) mass is 164 g/mol. The lowest BCUT2D eigenvalue weighted by Gasteiger charge is -2.43. The zero-order chi connectivity index (χ0) is 8.65. The van der Waals surface area contributed by atoms with Crippen molar-refractivity contribution >= 4 is 0 Å². The van der Waals surface area contributed by atoms with Crippen molar-refractivity contribution in [2.24, 2.45) is 5.92 Å². The number of hydrogen-bond acceptors (Lipinski definition) is 2. The Balaban J connectivity index is 2.53. The molecule has 0 radical (unpaired) electrons. The maximum Gasteiger partial charge on any atom is 0.395 e. The van der Waals surface area contributed by atoms with E-state index in [1.165, 1.54) is 6.92 Å². The van der Waals surface area contributed by atoms with Crippen LogP contribution in [0.5, 0.6) is 0 Å². The lowest BCUT2D eigenvalue weighted by atomic mass is 9.90. The summed E-state index contributed by atoms with van der Waals surface area (Å²) in [4.78, 5) is 1.12. The van der Waals surface area contributed by atoms with E-state index in [9.17, 15) is 13.2 Å². The molecule has 0 aliphatic carbocycles. The second kappa shape index (κ2) is 2.29. The normalized spacial score (nSPS) is 31.0. The Morgan fingerprint density at radius 2 is 2.09 bits per heavy atom. The summed E-state index contributed by atoms with van der Waals surface area (Å²) in [5, 5.41) is 8.25. The molecule has 0 N–H and O–H groups in total. The lowest BCUT2D eigenvalue weighted by Crippen LogP contribution is -2.57. The van der Waals surface area contributed by atoms with E-state index in [1.807, 2.05) is 0 Å². The summed E-state index contributed by atoms with van der Waals surface area (Å²) in [5.74, 6) is -1.32. The summed E-state index contributed by atoms with van der Waals surface area (Å²) in [5.41, 5.74) is 0. The average molecular weight is 164 g/mol. The van der Waals surface area contributed by atoms with Crippen molar-refractivity contribution in [2.45, 2.75) is 19.1 Å². The van der Waals surface area contributed by atoms with Crippen LogP contribution >= 0.6 is 0 Å². The van der Waals surface area contributed by atoms with E-state index in [-0.39, 0.29) is 6.54 Å². The van der Waals surface area contributed by atoms with Crippen LogP contribution in [0.4, 0.5) is 13.2 Å². The van der Waals surface area contributed by atoms with Gasteiger partial charge in [-0.2, -0.15) is 18.4 Å². The van der Waals surface area contributed by atoms with E-state index in [4.69, 9.17) is 5.26 Å². The highest BCUT2D eigenvalue weighted by Gasteiger charge is 2.52. The first-order valence-corrected chi connectivity index (χ1v) is 3.20. The molecule has 1 aliphatic heterocycles. The molecule has 0 aromatic carbocycles. The van der Waals surface area contributed by atoms with Crippen molar-refractivity contribution in [3.05, 3.63) is 0 Å². The SMILES string of the molecule is CC1[C@H](C(F)(F)F)CN1C#N. The number of nitrogens with zero attached hydrogens (tertiary/aromatic N) is 2.